The Hall–Kier alpha value is -6.80. The lowest BCUT2D eigenvalue weighted by atomic mass is 9.88. The van der Waals surface area contributed by atoms with E-state index in [1.807, 2.05) is 43.3 Å². The minimum absolute atomic E-state index is 0.0249. The molecule has 0 radical (unpaired) electrons. The summed E-state index contributed by atoms with van der Waals surface area (Å²) in [5, 5.41) is 12.9. The summed E-state index contributed by atoms with van der Waals surface area (Å²) in [6.45, 7) is 7.50. The lowest BCUT2D eigenvalue weighted by Gasteiger charge is -2.23. The molecule has 0 aliphatic heterocycles. The van der Waals surface area contributed by atoms with Crippen LogP contribution in [0.15, 0.2) is 194 Å². The molecule has 0 aromatic heterocycles. The Kier molecular flexibility index (Phi) is 23.2. The topological polar surface area (TPSA) is 111 Å². The zero-order chi connectivity index (χ0) is 47.4. The molecule has 0 amide bonds. The van der Waals surface area contributed by atoms with Crippen molar-refractivity contribution in [3.05, 3.63) is 233 Å². The van der Waals surface area contributed by atoms with Crippen molar-refractivity contribution in [1.82, 2.24) is 5.32 Å². The number of nitrogens with two attached hydrogens (primary N) is 1. The number of para-hydroxylation sites is 3. The zero-order valence-corrected chi connectivity index (χ0v) is 39.3. The van der Waals surface area contributed by atoms with E-state index in [2.05, 4.69) is 134 Å². The maximum absolute atomic E-state index is 11.3. The van der Waals surface area contributed by atoms with Crippen LogP contribution in [0, 0.1) is 0 Å². The average Bonchev–Trinajstić information content (AvgIpc) is 3.39. The first kappa shape index (κ1) is 51.8. The van der Waals surface area contributed by atoms with Gasteiger partial charge in [-0.2, -0.15) is 0 Å². The summed E-state index contributed by atoms with van der Waals surface area (Å²) in [7, 11) is 3.31. The van der Waals surface area contributed by atoms with E-state index < -0.39 is 0 Å². The normalized spacial score (nSPS) is 10.8. The fourth-order valence-corrected chi connectivity index (χ4v) is 7.76. The van der Waals surface area contributed by atoms with Gasteiger partial charge in [-0.05, 0) is 84.9 Å². The van der Waals surface area contributed by atoms with Crippen molar-refractivity contribution in [1.29, 1.82) is 0 Å². The maximum Gasteiger partial charge on any atom is 0.166 e. The van der Waals surface area contributed by atoms with Crippen LogP contribution in [0.25, 0.3) is 0 Å². The van der Waals surface area contributed by atoms with E-state index in [-0.39, 0.29) is 17.3 Å². The fourth-order valence-electron chi connectivity index (χ4n) is 7.76. The Balaban J connectivity index is 0.000000208. The molecule has 1 atom stereocenters. The van der Waals surface area contributed by atoms with Gasteiger partial charge in [-0.1, -0.05) is 185 Å². The first-order chi connectivity index (χ1) is 32.3. The lowest BCUT2D eigenvalue weighted by Crippen LogP contribution is -2.24. The van der Waals surface area contributed by atoms with Crippen molar-refractivity contribution in [3.8, 4) is 17.2 Å². The second-order valence-electron chi connectivity index (χ2n) is 15.5. The van der Waals surface area contributed by atoms with Gasteiger partial charge in [-0.15, -0.1) is 0 Å². The molecule has 7 aromatic rings. The molecule has 0 aliphatic carbocycles. The highest BCUT2D eigenvalue weighted by Crippen LogP contribution is 2.31. The highest BCUT2D eigenvalue weighted by molar-refractivity contribution is 5.98. The van der Waals surface area contributed by atoms with Gasteiger partial charge < -0.3 is 25.6 Å². The molecule has 0 bridgehead atoms. The monoisotopic (exact) mass is 885 g/mol. The van der Waals surface area contributed by atoms with Crippen LogP contribution < -0.4 is 20.5 Å². The number of rotatable bonds is 18. The first-order valence-corrected chi connectivity index (χ1v) is 23.0. The number of benzene rings is 7. The number of carbonyl (C=O) groups is 2. The van der Waals surface area contributed by atoms with Crippen LogP contribution in [0.4, 0.5) is 0 Å². The van der Waals surface area contributed by atoms with Crippen molar-refractivity contribution >= 4 is 11.6 Å². The molecule has 66 heavy (non-hydrogen) atoms. The minimum atomic E-state index is -0.0249. The van der Waals surface area contributed by atoms with Crippen LogP contribution in [-0.2, 0) is 0 Å². The highest BCUT2D eigenvalue weighted by Gasteiger charge is 2.17. The summed E-state index contributed by atoms with van der Waals surface area (Å²) in [5.41, 5.74) is 13.5. The van der Waals surface area contributed by atoms with E-state index in [1.54, 1.807) is 51.5 Å². The molecule has 7 rings (SSSR count). The summed E-state index contributed by atoms with van der Waals surface area (Å²) in [6, 6.07) is 65.2. The van der Waals surface area contributed by atoms with E-state index in [0.717, 1.165) is 31.6 Å². The molecule has 1 unspecified atom stereocenters. The fraction of sp³-hybridized carbons (Fsp3) is 0.254. The van der Waals surface area contributed by atoms with Gasteiger partial charge in [-0.3, -0.25) is 9.59 Å². The molecule has 7 nitrogen and oxygen atoms in total. The number of hydrogen-bond donors (Lipinski definition) is 3. The molecule has 0 fully saturated rings. The van der Waals surface area contributed by atoms with Gasteiger partial charge in [0.15, 0.2) is 11.6 Å². The minimum Gasteiger partial charge on any atom is -0.507 e. The standard InChI is InChI=1S/C25H29NO.C15H17N.C10H12O2.C9H10O2/c1-3-24(23-16-10-11-17-25(23)27-2)26-19-18-22(20-12-6-4-7-13-20)21-14-8-5-9-15-21;16-12-11-15(13-7-3-1-4-8-13)14-9-5-2-6-10-14;1-3-9(11)8-6-4-5-7-10(8)12-2;1-2-8(10)7-5-3-4-6-9(7)11/h4-17,22,24,26H,3,18-19H2,1-2H3;1-10,15H,11-12,16H2;4-7H,3H2,1-2H3;3-6,11H,2H2,1H3. The van der Waals surface area contributed by atoms with Crippen molar-refractivity contribution < 1.29 is 24.2 Å². The van der Waals surface area contributed by atoms with Crippen molar-refractivity contribution in [2.45, 2.75) is 70.8 Å². The number of ether oxygens (including phenoxy) is 2. The van der Waals surface area contributed by atoms with Crippen LogP contribution in [0.1, 0.15) is 119 Å². The molecule has 0 saturated heterocycles. The third kappa shape index (κ3) is 16.3. The number of aromatic hydroxyl groups is 1. The van der Waals surface area contributed by atoms with Gasteiger partial charge in [-0.25, -0.2) is 0 Å². The number of ketones is 2. The molecule has 7 aromatic carbocycles. The third-order valence-electron chi connectivity index (χ3n) is 11.3. The molecule has 0 saturated carbocycles. The summed E-state index contributed by atoms with van der Waals surface area (Å²) < 4.78 is 10.6. The summed E-state index contributed by atoms with van der Waals surface area (Å²) in [6.07, 6.45) is 4.02. The lowest BCUT2D eigenvalue weighted by molar-refractivity contribution is 0.0977. The van der Waals surface area contributed by atoms with Crippen LogP contribution in [-0.4, -0.2) is 44.0 Å². The number of Topliss-reactive ketones (excluding diaryl/α,β-unsaturated/α-hetero) is 2. The van der Waals surface area contributed by atoms with Crippen molar-refractivity contribution in [3.63, 3.8) is 0 Å². The van der Waals surface area contributed by atoms with E-state index in [0.29, 0.717) is 54.1 Å². The quantitative estimate of drug-likeness (QED) is 0.0736. The van der Waals surface area contributed by atoms with Gasteiger partial charge in [0.25, 0.3) is 0 Å². The summed E-state index contributed by atoms with van der Waals surface area (Å²) >= 11 is 0. The number of carbonyl (C=O) groups excluding carboxylic acids is 2. The number of nitrogens with one attached hydrogen (secondary N) is 1. The summed E-state index contributed by atoms with van der Waals surface area (Å²) in [4.78, 5) is 22.4. The molecule has 7 heteroatoms. The maximum atomic E-state index is 11.3. The first-order valence-electron chi connectivity index (χ1n) is 23.0. The number of methoxy groups -OCH3 is 2. The Morgan fingerprint density at radius 2 is 0.879 bits per heavy atom. The van der Waals surface area contributed by atoms with E-state index in [9.17, 15) is 14.7 Å². The Morgan fingerprint density at radius 3 is 1.30 bits per heavy atom. The number of hydrogen-bond acceptors (Lipinski definition) is 7. The molecule has 0 aliphatic rings. The van der Waals surface area contributed by atoms with Gasteiger partial charge in [0.1, 0.15) is 17.2 Å². The zero-order valence-electron chi connectivity index (χ0n) is 39.3. The highest BCUT2D eigenvalue weighted by atomic mass is 16.5. The second kappa shape index (κ2) is 29.6. The predicted octanol–water partition coefficient (Wildman–Crippen LogP) is 13.4. The Labute approximate surface area is 393 Å². The third-order valence-corrected chi connectivity index (χ3v) is 11.3. The van der Waals surface area contributed by atoms with Crippen molar-refractivity contribution in [2.75, 3.05) is 27.3 Å². The van der Waals surface area contributed by atoms with E-state index in [4.69, 9.17) is 15.2 Å². The van der Waals surface area contributed by atoms with Crippen LogP contribution in [0.2, 0.25) is 0 Å². The second-order valence-corrected chi connectivity index (χ2v) is 15.5. The van der Waals surface area contributed by atoms with E-state index in [1.165, 1.54) is 33.9 Å². The molecular formula is C59H68N2O5. The summed E-state index contributed by atoms with van der Waals surface area (Å²) in [5.74, 6) is 2.60. The van der Waals surface area contributed by atoms with Crippen LogP contribution in [0.3, 0.4) is 0 Å². The molecule has 344 valence electrons. The van der Waals surface area contributed by atoms with Gasteiger partial charge in [0.05, 0.1) is 25.3 Å². The van der Waals surface area contributed by atoms with E-state index >= 15 is 0 Å². The predicted molar refractivity (Wildman–Crippen MR) is 272 cm³/mol. The van der Waals surface area contributed by atoms with Crippen molar-refractivity contribution in [2.24, 2.45) is 5.73 Å². The average molecular weight is 885 g/mol. The largest absolute Gasteiger partial charge is 0.507 e. The SMILES string of the molecule is CCC(=O)c1ccccc1O.CCC(=O)c1ccccc1OC.CCC(NCCC(c1ccccc1)c1ccccc1)c1ccccc1OC.NCCC(c1ccccc1)c1ccccc1. The Morgan fingerprint density at radius 1 is 0.500 bits per heavy atom. The number of phenols is 1. The molecular weight excluding hydrogens is 817 g/mol. The van der Waals surface area contributed by atoms with Crippen LogP contribution in [0.5, 0.6) is 17.2 Å². The molecule has 0 spiro atoms. The van der Waals surface area contributed by atoms with Gasteiger partial charge in [0, 0.05) is 36.3 Å². The molecule has 4 N–H and O–H groups in total. The molecule has 0 heterocycles. The van der Waals surface area contributed by atoms with Crippen LogP contribution >= 0.6 is 0 Å². The smallest absolute Gasteiger partial charge is 0.166 e. The Bertz CT molecular complexity index is 2330. The van der Waals surface area contributed by atoms with Gasteiger partial charge >= 0.3 is 0 Å². The van der Waals surface area contributed by atoms with Gasteiger partial charge in [0.2, 0.25) is 0 Å². The number of phenolic OH excluding ortho intramolecular Hbond substituents is 1.